The van der Waals surface area contributed by atoms with Gasteiger partial charge in [-0.1, -0.05) is 12.1 Å². The molecule has 4 aromatic rings. The number of aromatic hydroxyl groups is 1. The molecule has 4 aromatic carbocycles. The lowest BCUT2D eigenvalue weighted by Gasteiger charge is -2.09. The van der Waals surface area contributed by atoms with Gasteiger partial charge >= 0.3 is 0 Å². The smallest absolute Gasteiger partial charge is 0.206 e. The average molecular weight is 485 g/mol. The Morgan fingerprint density at radius 3 is 1.48 bits per heavy atom. The summed E-state index contributed by atoms with van der Waals surface area (Å²) < 4.78 is 69.8. The Balaban J connectivity index is 1.52. The van der Waals surface area contributed by atoms with E-state index in [-0.39, 0.29) is 25.3 Å². The Bertz CT molecular complexity index is 1400. The fourth-order valence-electron chi connectivity index (χ4n) is 3.07. The Morgan fingerprint density at radius 2 is 1.03 bits per heavy atom. The second-order valence-electron chi connectivity index (χ2n) is 7.01. The predicted molar refractivity (Wildman–Crippen MR) is 118 cm³/mol. The lowest BCUT2D eigenvalue weighted by Crippen LogP contribution is -2.02. The molecule has 4 rings (SSSR count). The highest BCUT2D eigenvalue weighted by Crippen LogP contribution is 2.29. The average Bonchev–Trinajstić information content (AvgIpc) is 2.80. The molecule has 168 valence electrons. The zero-order valence-corrected chi connectivity index (χ0v) is 18.6. The molecule has 0 fully saturated rings. The second kappa shape index (κ2) is 8.68. The summed E-state index contributed by atoms with van der Waals surface area (Å²) in [7, 11) is -7.69. The van der Waals surface area contributed by atoms with Gasteiger partial charge in [0.1, 0.15) is 23.1 Å². The summed E-state index contributed by atoms with van der Waals surface area (Å²) in [6.07, 6.45) is 0. The number of rotatable bonds is 6. The molecule has 0 heterocycles. The van der Waals surface area contributed by atoms with E-state index in [1.807, 2.05) is 0 Å². The minimum absolute atomic E-state index is 0.0204. The molecule has 0 atom stereocenters. The number of benzene rings is 4. The van der Waals surface area contributed by atoms with Crippen LogP contribution in [-0.2, 0) is 19.7 Å². The first-order valence-electron chi connectivity index (χ1n) is 9.59. The van der Waals surface area contributed by atoms with E-state index >= 15 is 0 Å². The molecular weight excluding hydrogens is 467 g/mol. The van der Waals surface area contributed by atoms with Crippen molar-refractivity contribution in [1.82, 2.24) is 0 Å². The second-order valence-corrected chi connectivity index (χ2v) is 10.9. The molecule has 0 saturated heterocycles. The SMILES string of the molecule is O=S(=O)(c1ccc(Oc2ccc(S(=O)(=O)c3cccc(F)c3)cc2)cc1)c1cccc(O)c1. The van der Waals surface area contributed by atoms with Crippen LogP contribution in [-0.4, -0.2) is 21.9 Å². The van der Waals surface area contributed by atoms with Gasteiger partial charge in [-0.05, 0) is 84.9 Å². The molecule has 9 heteroatoms. The van der Waals surface area contributed by atoms with Gasteiger partial charge in [0.05, 0.1) is 19.6 Å². The maximum absolute atomic E-state index is 13.4. The first-order chi connectivity index (χ1) is 15.7. The van der Waals surface area contributed by atoms with Crippen molar-refractivity contribution in [2.24, 2.45) is 0 Å². The first-order valence-corrected chi connectivity index (χ1v) is 12.6. The largest absolute Gasteiger partial charge is 0.508 e. The number of hydrogen-bond acceptors (Lipinski definition) is 6. The van der Waals surface area contributed by atoms with Gasteiger partial charge in [0.15, 0.2) is 0 Å². The van der Waals surface area contributed by atoms with E-state index in [1.54, 1.807) is 0 Å². The lowest BCUT2D eigenvalue weighted by atomic mass is 10.3. The van der Waals surface area contributed by atoms with E-state index in [4.69, 9.17) is 4.74 Å². The van der Waals surface area contributed by atoms with E-state index in [9.17, 15) is 26.3 Å². The summed E-state index contributed by atoms with van der Waals surface area (Å²) in [5, 5.41) is 9.54. The Kier molecular flexibility index (Phi) is 5.92. The lowest BCUT2D eigenvalue weighted by molar-refractivity contribution is 0.473. The standard InChI is InChI=1S/C24H17FO6S2/c25-17-3-1-5-23(15-17)32(27,28)21-11-7-19(8-12-21)31-20-9-13-22(14-10-20)33(29,30)24-6-2-4-18(26)16-24/h1-16,26H. The Hall–Kier alpha value is -3.69. The van der Waals surface area contributed by atoms with Crippen LogP contribution in [0.25, 0.3) is 0 Å². The van der Waals surface area contributed by atoms with Crippen molar-refractivity contribution in [3.63, 3.8) is 0 Å². The van der Waals surface area contributed by atoms with Gasteiger partial charge in [-0.2, -0.15) is 0 Å². The molecule has 6 nitrogen and oxygen atoms in total. The zero-order chi connectivity index (χ0) is 23.6. The summed E-state index contributed by atoms with van der Waals surface area (Å²) >= 11 is 0. The topological polar surface area (TPSA) is 97.7 Å². The fraction of sp³-hybridized carbons (Fsp3) is 0. The molecule has 0 spiro atoms. The number of sulfone groups is 2. The molecule has 1 N–H and O–H groups in total. The van der Waals surface area contributed by atoms with Crippen LogP contribution < -0.4 is 4.74 Å². The van der Waals surface area contributed by atoms with Crippen LogP contribution in [0.1, 0.15) is 0 Å². The van der Waals surface area contributed by atoms with Crippen LogP contribution >= 0.6 is 0 Å². The maximum Gasteiger partial charge on any atom is 0.206 e. The van der Waals surface area contributed by atoms with Crippen molar-refractivity contribution in [1.29, 1.82) is 0 Å². The quantitative estimate of drug-likeness (QED) is 0.414. The monoisotopic (exact) mass is 484 g/mol. The van der Waals surface area contributed by atoms with E-state index in [1.165, 1.54) is 84.9 Å². The molecule has 0 aliphatic heterocycles. The van der Waals surface area contributed by atoms with Gasteiger partial charge < -0.3 is 9.84 Å². The minimum atomic E-state index is -3.88. The van der Waals surface area contributed by atoms with Crippen molar-refractivity contribution >= 4 is 19.7 Å². The van der Waals surface area contributed by atoms with E-state index in [2.05, 4.69) is 0 Å². The number of phenolic OH excluding ortho intramolecular Hbond substituents is 1. The highest BCUT2D eigenvalue weighted by atomic mass is 32.2. The van der Waals surface area contributed by atoms with E-state index in [0.717, 1.165) is 12.1 Å². The van der Waals surface area contributed by atoms with Crippen molar-refractivity contribution in [2.45, 2.75) is 19.6 Å². The molecule has 0 aromatic heterocycles. The molecule has 0 bridgehead atoms. The third-order valence-electron chi connectivity index (χ3n) is 4.74. The Morgan fingerprint density at radius 1 is 0.576 bits per heavy atom. The molecule has 0 aliphatic rings. The van der Waals surface area contributed by atoms with E-state index in [0.29, 0.717) is 11.5 Å². The fourth-order valence-corrected chi connectivity index (χ4v) is 5.66. The maximum atomic E-state index is 13.4. The first kappa shape index (κ1) is 22.5. The zero-order valence-electron chi connectivity index (χ0n) is 16.9. The van der Waals surface area contributed by atoms with Crippen LogP contribution in [0, 0.1) is 5.82 Å². The van der Waals surface area contributed by atoms with Crippen molar-refractivity contribution in [3.05, 3.63) is 103 Å². The normalized spacial score (nSPS) is 11.8. The molecule has 0 aliphatic carbocycles. The van der Waals surface area contributed by atoms with Crippen LogP contribution in [0.15, 0.2) is 117 Å². The van der Waals surface area contributed by atoms with Crippen LogP contribution in [0.3, 0.4) is 0 Å². The third-order valence-corrected chi connectivity index (χ3v) is 8.27. The summed E-state index contributed by atoms with van der Waals surface area (Å²) in [6.45, 7) is 0. The summed E-state index contributed by atoms with van der Waals surface area (Å²) in [4.78, 5) is -0.184. The van der Waals surface area contributed by atoms with Gasteiger partial charge in [-0.15, -0.1) is 0 Å². The molecule has 0 amide bonds. The summed E-state index contributed by atoms with van der Waals surface area (Å²) in [5.41, 5.74) is 0. The van der Waals surface area contributed by atoms with Gasteiger partial charge in [0.25, 0.3) is 0 Å². The van der Waals surface area contributed by atoms with Crippen LogP contribution in [0.5, 0.6) is 17.2 Å². The number of ether oxygens (including phenoxy) is 1. The highest BCUT2D eigenvalue weighted by molar-refractivity contribution is 7.91. The van der Waals surface area contributed by atoms with Crippen LogP contribution in [0.2, 0.25) is 0 Å². The van der Waals surface area contributed by atoms with Gasteiger partial charge in [-0.25, -0.2) is 21.2 Å². The predicted octanol–water partition coefficient (Wildman–Crippen LogP) is 4.99. The Labute approximate surface area is 190 Å². The van der Waals surface area contributed by atoms with Gasteiger partial charge in [0, 0.05) is 0 Å². The summed E-state index contributed by atoms with van der Waals surface area (Å²) in [6, 6.07) is 21.4. The molecular formula is C24H17FO6S2. The van der Waals surface area contributed by atoms with Crippen molar-refractivity contribution < 1.29 is 31.1 Å². The van der Waals surface area contributed by atoms with Crippen molar-refractivity contribution in [2.75, 3.05) is 0 Å². The van der Waals surface area contributed by atoms with Gasteiger partial charge in [-0.3, -0.25) is 0 Å². The number of hydrogen-bond donors (Lipinski definition) is 1. The highest BCUT2D eigenvalue weighted by Gasteiger charge is 2.19. The number of halogens is 1. The van der Waals surface area contributed by atoms with E-state index < -0.39 is 25.5 Å². The molecule has 0 radical (unpaired) electrons. The molecule has 0 unspecified atom stereocenters. The van der Waals surface area contributed by atoms with Crippen molar-refractivity contribution in [3.8, 4) is 17.2 Å². The third kappa shape index (κ3) is 4.74. The van der Waals surface area contributed by atoms with Crippen LogP contribution in [0.4, 0.5) is 4.39 Å². The molecule has 0 saturated carbocycles. The van der Waals surface area contributed by atoms with Gasteiger partial charge in [0.2, 0.25) is 19.7 Å². The minimum Gasteiger partial charge on any atom is -0.508 e. The molecule has 33 heavy (non-hydrogen) atoms. The summed E-state index contributed by atoms with van der Waals surface area (Å²) in [5.74, 6) is -0.133. The number of phenols is 1.